The highest BCUT2D eigenvalue weighted by Crippen LogP contribution is 2.67. The van der Waals surface area contributed by atoms with Gasteiger partial charge in [-0.3, -0.25) is 19.2 Å². The average Bonchev–Trinajstić information content (AvgIpc) is 3.20. The van der Waals surface area contributed by atoms with Crippen molar-refractivity contribution < 1.29 is 34.1 Å². The zero-order valence-electron chi connectivity index (χ0n) is 24.0. The number of ketones is 2. The highest BCUT2D eigenvalue weighted by molar-refractivity contribution is 6.01. The Morgan fingerprint density at radius 3 is 2.58 bits per heavy atom. The van der Waals surface area contributed by atoms with Gasteiger partial charge in [0.05, 0.1) is 12.5 Å². The molecule has 4 fully saturated rings. The summed E-state index contributed by atoms with van der Waals surface area (Å²) in [4.78, 5) is 50.0. The van der Waals surface area contributed by atoms with Crippen molar-refractivity contribution in [1.82, 2.24) is 5.32 Å². The zero-order chi connectivity index (χ0) is 28.7. The molecule has 220 valence electrons. The summed E-state index contributed by atoms with van der Waals surface area (Å²) < 4.78 is 5.24. The first-order valence-corrected chi connectivity index (χ1v) is 15.3. The molecule has 0 spiro atoms. The first kappa shape index (κ1) is 29.2. The maximum atomic E-state index is 13.4. The summed E-state index contributed by atoms with van der Waals surface area (Å²) in [5.74, 6) is -0.832. The normalized spacial score (nSPS) is 39.0. The summed E-state index contributed by atoms with van der Waals surface area (Å²) in [6.07, 6.45) is 13.0. The second kappa shape index (κ2) is 11.2. The van der Waals surface area contributed by atoms with Crippen LogP contribution in [0.5, 0.6) is 0 Å². The van der Waals surface area contributed by atoms with Gasteiger partial charge in [0.1, 0.15) is 5.60 Å². The van der Waals surface area contributed by atoms with E-state index in [0.29, 0.717) is 18.9 Å². The quantitative estimate of drug-likeness (QED) is 0.390. The summed E-state index contributed by atoms with van der Waals surface area (Å²) in [5.41, 5.74) is -1.90. The summed E-state index contributed by atoms with van der Waals surface area (Å²) in [6.45, 7) is 4.08. The van der Waals surface area contributed by atoms with Gasteiger partial charge in [0.15, 0.2) is 12.4 Å². The van der Waals surface area contributed by atoms with Gasteiger partial charge in [-0.15, -0.1) is 0 Å². The minimum atomic E-state index is -1.70. The number of fused-ring (bicyclic) bond motifs is 5. The lowest BCUT2D eigenvalue weighted by Crippen LogP contribution is -2.61. The Morgan fingerprint density at radius 2 is 1.82 bits per heavy atom. The molecule has 5 rings (SSSR count). The van der Waals surface area contributed by atoms with Crippen molar-refractivity contribution in [3.05, 3.63) is 23.8 Å². The molecule has 0 aromatic rings. The number of aliphatic hydroxyl groups excluding tert-OH is 1. The molecule has 0 radical (unpaired) electrons. The largest absolute Gasteiger partial charge is 0.458 e. The Kier molecular flexibility index (Phi) is 8.14. The van der Waals surface area contributed by atoms with Crippen molar-refractivity contribution in [1.29, 1.82) is 0 Å². The first-order chi connectivity index (χ1) is 19.0. The minimum Gasteiger partial charge on any atom is -0.458 e. The number of esters is 1. The number of carbonyl (C=O) groups is 4. The van der Waals surface area contributed by atoms with Crippen molar-refractivity contribution in [3.8, 4) is 0 Å². The van der Waals surface area contributed by atoms with E-state index < -0.39 is 40.9 Å². The molecular weight excluding hydrogens is 510 g/mol. The topological polar surface area (TPSA) is 130 Å². The number of carbonyl (C=O) groups excluding carboxylic acids is 4. The molecule has 0 saturated heterocycles. The Bertz CT molecular complexity index is 1110. The first-order valence-electron chi connectivity index (χ1n) is 15.3. The van der Waals surface area contributed by atoms with E-state index in [1.54, 1.807) is 12.2 Å². The monoisotopic (exact) mass is 555 g/mol. The van der Waals surface area contributed by atoms with Crippen LogP contribution in [-0.2, 0) is 23.9 Å². The molecule has 7 atom stereocenters. The van der Waals surface area contributed by atoms with E-state index in [1.165, 1.54) is 19.3 Å². The molecule has 5 aliphatic rings. The number of aliphatic hydroxyl groups is 2. The second-order valence-electron chi connectivity index (χ2n) is 13.5. The van der Waals surface area contributed by atoms with Gasteiger partial charge in [-0.2, -0.15) is 0 Å². The van der Waals surface area contributed by atoms with Crippen LogP contribution in [0.2, 0.25) is 0 Å². The van der Waals surface area contributed by atoms with Crippen LogP contribution in [0.4, 0.5) is 0 Å². The van der Waals surface area contributed by atoms with Gasteiger partial charge < -0.3 is 20.3 Å². The van der Waals surface area contributed by atoms with Crippen LogP contribution in [-0.4, -0.2) is 58.5 Å². The molecule has 8 nitrogen and oxygen atoms in total. The van der Waals surface area contributed by atoms with Crippen molar-refractivity contribution in [2.75, 3.05) is 13.2 Å². The SMILES string of the molecule is CC12C=CC(=O)C=C1CCC1C2C(O)CC2(C)C1CCC2(O)C(=O)COC(=O)CCC(=O)NCC1CCCCC1. The fourth-order valence-corrected chi connectivity index (χ4v) is 9.08. The molecule has 0 aromatic heterocycles. The lowest BCUT2D eigenvalue weighted by atomic mass is 9.46. The van der Waals surface area contributed by atoms with E-state index >= 15 is 0 Å². The fraction of sp³-hybridized carbons (Fsp3) is 0.750. The molecule has 8 heteroatoms. The molecule has 0 aromatic carbocycles. The molecule has 0 heterocycles. The third-order valence-electron chi connectivity index (χ3n) is 11.3. The Labute approximate surface area is 237 Å². The number of hydrogen-bond acceptors (Lipinski definition) is 7. The number of amides is 1. The Hall–Kier alpha value is -2.32. The predicted octanol–water partition coefficient (Wildman–Crippen LogP) is 3.59. The third-order valence-corrected chi connectivity index (χ3v) is 11.3. The molecule has 3 N–H and O–H groups in total. The molecule has 4 saturated carbocycles. The predicted molar refractivity (Wildman–Crippen MR) is 148 cm³/mol. The maximum Gasteiger partial charge on any atom is 0.306 e. The second-order valence-corrected chi connectivity index (χ2v) is 13.5. The van der Waals surface area contributed by atoms with Crippen molar-refractivity contribution in [3.63, 3.8) is 0 Å². The fourth-order valence-electron chi connectivity index (χ4n) is 9.08. The van der Waals surface area contributed by atoms with Crippen LogP contribution in [0.15, 0.2) is 23.8 Å². The number of nitrogens with one attached hydrogen (secondary N) is 1. The number of hydrogen-bond donors (Lipinski definition) is 3. The maximum absolute atomic E-state index is 13.4. The minimum absolute atomic E-state index is 0.00824. The number of allylic oxidation sites excluding steroid dienone is 4. The number of ether oxygens (including phenoxy) is 1. The molecular formula is C32H45NO7. The molecule has 1 amide bonds. The number of rotatable bonds is 8. The van der Waals surface area contributed by atoms with E-state index in [-0.39, 0.29) is 55.1 Å². The van der Waals surface area contributed by atoms with Crippen molar-refractivity contribution in [2.24, 2.45) is 34.5 Å². The molecule has 0 bridgehead atoms. The number of Topliss-reactive ketones (excluding diaryl/α,β-unsaturated/α-hetero) is 1. The van der Waals surface area contributed by atoms with Gasteiger partial charge in [-0.25, -0.2) is 0 Å². The molecule has 0 aliphatic heterocycles. The van der Waals surface area contributed by atoms with Gasteiger partial charge in [0.25, 0.3) is 0 Å². The zero-order valence-corrected chi connectivity index (χ0v) is 24.0. The van der Waals surface area contributed by atoms with Gasteiger partial charge in [0.2, 0.25) is 11.7 Å². The third kappa shape index (κ3) is 5.11. The van der Waals surface area contributed by atoms with Crippen molar-refractivity contribution in [2.45, 2.75) is 103 Å². The molecule has 7 unspecified atom stereocenters. The van der Waals surface area contributed by atoms with Gasteiger partial charge in [0, 0.05) is 29.7 Å². The average molecular weight is 556 g/mol. The van der Waals surface area contributed by atoms with Crippen LogP contribution in [0.1, 0.15) is 90.9 Å². The highest BCUT2D eigenvalue weighted by atomic mass is 16.5. The lowest BCUT2D eigenvalue weighted by molar-refractivity contribution is -0.181. The van der Waals surface area contributed by atoms with Crippen LogP contribution in [0, 0.1) is 34.5 Å². The van der Waals surface area contributed by atoms with E-state index in [2.05, 4.69) is 12.2 Å². The van der Waals surface area contributed by atoms with Crippen molar-refractivity contribution >= 4 is 23.4 Å². The molecule has 5 aliphatic carbocycles. The Balaban J connectivity index is 1.16. The van der Waals surface area contributed by atoms with Crippen LogP contribution in [0.3, 0.4) is 0 Å². The highest BCUT2D eigenvalue weighted by Gasteiger charge is 2.68. The van der Waals surface area contributed by atoms with E-state index in [0.717, 1.165) is 31.3 Å². The van der Waals surface area contributed by atoms with Gasteiger partial charge in [-0.05, 0) is 74.9 Å². The summed E-state index contributed by atoms with van der Waals surface area (Å²) in [7, 11) is 0. The summed E-state index contributed by atoms with van der Waals surface area (Å²) in [6, 6.07) is 0. The van der Waals surface area contributed by atoms with E-state index in [9.17, 15) is 29.4 Å². The standard InChI is InChI=1S/C32H45NO7/c1-30-14-12-22(34)16-21(30)8-9-23-24-13-15-32(39,31(24,2)17-25(35)29(23)30)26(36)19-40-28(38)11-10-27(37)33-18-20-6-4-3-5-7-20/h12,14,16,20,23-25,29,35,39H,3-11,13,15,17-19H2,1-2H3,(H,33,37). The smallest absolute Gasteiger partial charge is 0.306 e. The van der Waals surface area contributed by atoms with Crippen LogP contribution in [0.25, 0.3) is 0 Å². The van der Waals surface area contributed by atoms with Gasteiger partial charge >= 0.3 is 5.97 Å². The van der Waals surface area contributed by atoms with Crippen LogP contribution >= 0.6 is 0 Å². The van der Waals surface area contributed by atoms with Crippen LogP contribution < -0.4 is 5.32 Å². The van der Waals surface area contributed by atoms with E-state index in [1.807, 2.05) is 13.0 Å². The van der Waals surface area contributed by atoms with E-state index in [4.69, 9.17) is 4.74 Å². The molecule has 40 heavy (non-hydrogen) atoms. The van der Waals surface area contributed by atoms with Gasteiger partial charge in [-0.1, -0.05) is 44.8 Å². The lowest BCUT2D eigenvalue weighted by Gasteiger charge is -2.59. The summed E-state index contributed by atoms with van der Waals surface area (Å²) in [5, 5.41) is 26.2. The summed E-state index contributed by atoms with van der Waals surface area (Å²) >= 11 is 0. The Morgan fingerprint density at radius 1 is 1.07 bits per heavy atom.